The first-order chi connectivity index (χ1) is 24.5. The Hall–Kier alpha value is -4.59. The molecule has 0 saturated carbocycles. The molecule has 0 aromatic heterocycles. The minimum atomic E-state index is -3.41. The van der Waals surface area contributed by atoms with E-state index in [1.54, 1.807) is 0 Å². The van der Waals surface area contributed by atoms with E-state index >= 15 is 0 Å². The molecule has 4 unspecified atom stereocenters. The Morgan fingerprint density at radius 2 is 1.18 bits per heavy atom. The quantitative estimate of drug-likeness (QED) is 0.0944. The van der Waals surface area contributed by atoms with Crippen molar-refractivity contribution in [3.05, 3.63) is 138 Å². The summed E-state index contributed by atoms with van der Waals surface area (Å²) in [7, 11) is -3.41. The summed E-state index contributed by atoms with van der Waals surface area (Å²) in [6.45, 7) is 2.41. The molecule has 0 aliphatic carbocycles. The van der Waals surface area contributed by atoms with Gasteiger partial charge in [-0.3, -0.25) is 4.57 Å². The molecular weight excluding hydrogens is 651 g/mol. The van der Waals surface area contributed by atoms with Gasteiger partial charge in [-0.15, -0.1) is 0 Å². The van der Waals surface area contributed by atoms with E-state index in [2.05, 4.69) is 24.3 Å². The number of aliphatic hydroxyl groups is 1. The van der Waals surface area contributed by atoms with E-state index in [4.69, 9.17) is 28.2 Å². The molecule has 0 bridgehead atoms. The SMILES string of the molecule is O=P1(CC(O)COc2ccccc2Cc2cccc(Cc3ccccc3OCC3CO3)c2OCC2CO2)Oc2ccccc2-c2ccccc21. The predicted octanol–water partition coefficient (Wildman–Crippen LogP) is 6.83. The Bertz CT molecular complexity index is 2020. The van der Waals surface area contributed by atoms with Crippen LogP contribution < -0.4 is 24.0 Å². The molecule has 0 spiro atoms. The fourth-order valence-corrected chi connectivity index (χ4v) is 8.79. The summed E-state index contributed by atoms with van der Waals surface area (Å²) in [5, 5.41) is 11.8. The predicted molar refractivity (Wildman–Crippen MR) is 192 cm³/mol. The Morgan fingerprint density at radius 3 is 1.86 bits per heavy atom. The second-order valence-electron chi connectivity index (χ2n) is 12.9. The van der Waals surface area contributed by atoms with Crippen LogP contribution in [0.15, 0.2) is 115 Å². The van der Waals surface area contributed by atoms with Crippen LogP contribution in [0.5, 0.6) is 23.0 Å². The zero-order valence-electron chi connectivity index (χ0n) is 27.6. The van der Waals surface area contributed by atoms with Crippen LogP contribution in [0.3, 0.4) is 0 Å². The van der Waals surface area contributed by atoms with Crippen LogP contribution >= 0.6 is 7.37 Å². The number of hydrogen-bond acceptors (Lipinski definition) is 8. The van der Waals surface area contributed by atoms with Crippen molar-refractivity contribution in [2.75, 3.05) is 39.2 Å². The zero-order valence-corrected chi connectivity index (χ0v) is 28.5. The lowest BCUT2D eigenvalue weighted by Gasteiger charge is -2.30. The van der Waals surface area contributed by atoms with Gasteiger partial charge in [0.2, 0.25) is 0 Å². The van der Waals surface area contributed by atoms with E-state index < -0.39 is 13.5 Å². The van der Waals surface area contributed by atoms with Crippen molar-refractivity contribution >= 4 is 12.7 Å². The fourth-order valence-electron chi connectivity index (χ4n) is 6.41. The van der Waals surface area contributed by atoms with Crippen LogP contribution in [0.25, 0.3) is 11.1 Å². The van der Waals surface area contributed by atoms with Crippen LogP contribution in [0.2, 0.25) is 0 Å². The normalized spacial score (nSPS) is 20.5. The summed E-state index contributed by atoms with van der Waals surface area (Å²) >= 11 is 0. The molecule has 256 valence electrons. The van der Waals surface area contributed by atoms with Crippen LogP contribution in [0, 0.1) is 0 Å². The van der Waals surface area contributed by atoms with E-state index in [-0.39, 0.29) is 25.0 Å². The molecule has 9 heteroatoms. The third kappa shape index (κ3) is 7.44. The van der Waals surface area contributed by atoms with Crippen molar-refractivity contribution in [3.8, 4) is 34.1 Å². The molecule has 3 aliphatic heterocycles. The highest BCUT2D eigenvalue weighted by Crippen LogP contribution is 2.54. The minimum absolute atomic E-state index is 0.0424. The number of epoxide rings is 2. The van der Waals surface area contributed by atoms with Gasteiger partial charge >= 0.3 is 0 Å². The molecule has 8 nitrogen and oxygen atoms in total. The Kier molecular flexibility index (Phi) is 9.35. The number of para-hydroxylation sites is 4. The fraction of sp³-hybridized carbons (Fsp3) is 0.268. The summed E-state index contributed by atoms with van der Waals surface area (Å²) in [6, 6.07) is 37.2. The second kappa shape index (κ2) is 14.3. The monoisotopic (exact) mass is 690 g/mol. The number of aliphatic hydroxyl groups excluding tert-OH is 1. The topological polar surface area (TPSA) is 99.3 Å². The van der Waals surface area contributed by atoms with Gasteiger partial charge in [-0.25, -0.2) is 0 Å². The second-order valence-corrected chi connectivity index (χ2v) is 15.3. The number of fused-ring (bicyclic) bond motifs is 3. The number of benzene rings is 5. The molecule has 3 aliphatic rings. The summed E-state index contributed by atoms with van der Waals surface area (Å²) in [4.78, 5) is 0. The van der Waals surface area contributed by atoms with E-state index in [9.17, 15) is 9.67 Å². The van der Waals surface area contributed by atoms with Crippen molar-refractivity contribution < 1.29 is 37.9 Å². The lowest BCUT2D eigenvalue weighted by Crippen LogP contribution is -2.28. The molecule has 8 rings (SSSR count). The van der Waals surface area contributed by atoms with Crippen molar-refractivity contribution in [1.29, 1.82) is 0 Å². The Morgan fingerprint density at radius 1 is 0.640 bits per heavy atom. The van der Waals surface area contributed by atoms with Crippen molar-refractivity contribution in [1.82, 2.24) is 0 Å². The van der Waals surface area contributed by atoms with Gasteiger partial charge in [-0.2, -0.15) is 0 Å². The zero-order chi connectivity index (χ0) is 33.9. The molecule has 2 saturated heterocycles. The lowest BCUT2D eigenvalue weighted by molar-refractivity contribution is 0.123. The van der Waals surface area contributed by atoms with E-state index in [0.29, 0.717) is 49.5 Å². The first-order valence-electron chi connectivity index (χ1n) is 17.1. The van der Waals surface area contributed by atoms with E-state index in [1.807, 2.05) is 91.0 Å². The molecule has 0 radical (unpaired) electrons. The highest BCUT2D eigenvalue weighted by molar-refractivity contribution is 7.67. The average Bonchev–Trinajstić information content (AvgIpc) is 4.07. The third-order valence-electron chi connectivity index (χ3n) is 9.10. The number of ether oxygens (including phenoxy) is 5. The van der Waals surface area contributed by atoms with Crippen LogP contribution in [-0.4, -0.2) is 62.6 Å². The van der Waals surface area contributed by atoms with Gasteiger partial charge in [0, 0.05) is 18.4 Å². The molecule has 2 fully saturated rings. The molecule has 3 heterocycles. The average molecular weight is 691 g/mol. The van der Waals surface area contributed by atoms with Gasteiger partial charge in [0.15, 0.2) is 0 Å². The van der Waals surface area contributed by atoms with Crippen molar-refractivity contribution in [3.63, 3.8) is 0 Å². The maximum atomic E-state index is 14.3. The summed E-state index contributed by atoms with van der Waals surface area (Å²) in [5.74, 6) is 2.87. The highest BCUT2D eigenvalue weighted by Gasteiger charge is 2.38. The largest absolute Gasteiger partial charge is 0.491 e. The van der Waals surface area contributed by atoms with Gasteiger partial charge < -0.3 is 33.3 Å². The smallest absolute Gasteiger partial charge is 0.280 e. The van der Waals surface area contributed by atoms with E-state index in [1.165, 1.54) is 0 Å². The molecule has 0 amide bonds. The molecule has 50 heavy (non-hydrogen) atoms. The van der Waals surface area contributed by atoms with Gasteiger partial charge in [0.25, 0.3) is 7.37 Å². The first-order valence-corrected chi connectivity index (χ1v) is 18.9. The molecule has 1 N–H and O–H groups in total. The Labute approximate surface area is 292 Å². The molecule has 4 atom stereocenters. The van der Waals surface area contributed by atoms with Crippen LogP contribution in [-0.2, 0) is 26.9 Å². The minimum Gasteiger partial charge on any atom is -0.491 e. The summed E-state index contributed by atoms with van der Waals surface area (Å²) in [5.41, 5.74) is 5.84. The first kappa shape index (κ1) is 32.6. The lowest BCUT2D eigenvalue weighted by atomic mass is 9.96. The Balaban J connectivity index is 0.992. The third-order valence-corrected chi connectivity index (χ3v) is 11.6. The standard InChI is InChI=1S/C41H39O8P/c42-32(27-50(43)40-19-8-4-15-36(40)35-14-3-7-18-39(35)49-50)22-46-37-16-5-1-10-28(37)20-30-12-9-13-31(41(30)48-26-34-24-45-34)21-29-11-2-6-17-38(29)47-25-33-23-44-33/h1-19,32-34,42H,20-27H2. The molecule has 5 aromatic rings. The summed E-state index contributed by atoms with van der Waals surface area (Å²) < 4.78 is 50.0. The van der Waals surface area contributed by atoms with Crippen LogP contribution in [0.1, 0.15) is 22.3 Å². The number of hydrogen-bond donors (Lipinski definition) is 1. The molecule has 5 aromatic carbocycles. The maximum Gasteiger partial charge on any atom is 0.280 e. The van der Waals surface area contributed by atoms with Crippen molar-refractivity contribution in [2.45, 2.75) is 31.2 Å². The highest BCUT2D eigenvalue weighted by atomic mass is 31.2. The van der Waals surface area contributed by atoms with E-state index in [0.717, 1.165) is 51.5 Å². The molecular formula is C41H39O8P. The number of rotatable bonds is 15. The van der Waals surface area contributed by atoms with Gasteiger partial charge in [0.1, 0.15) is 55.0 Å². The van der Waals surface area contributed by atoms with Crippen LogP contribution in [0.4, 0.5) is 0 Å². The van der Waals surface area contributed by atoms with Crippen molar-refractivity contribution in [2.24, 2.45) is 0 Å². The van der Waals surface area contributed by atoms with Gasteiger partial charge in [-0.1, -0.05) is 91.0 Å². The maximum absolute atomic E-state index is 14.3. The summed E-state index contributed by atoms with van der Waals surface area (Å²) in [6.07, 6.45) is 0.359. The van der Waals surface area contributed by atoms with Gasteiger partial charge in [-0.05, 0) is 52.1 Å². The van der Waals surface area contributed by atoms with Gasteiger partial charge in [0.05, 0.1) is 30.8 Å².